The SMILES string of the molecule is COP(=S)(CCC(=O)OC(C)(C)C)C(Cc1ccccc1)NC(=O)OCC1c2ccccc2-c2ccccc21. The normalized spacial score (nSPS) is 15.0. The van der Waals surface area contributed by atoms with E-state index < -0.39 is 23.7 Å². The third-order valence-corrected chi connectivity index (χ3v) is 11.2. The van der Waals surface area contributed by atoms with Crippen molar-refractivity contribution in [3.8, 4) is 11.1 Å². The van der Waals surface area contributed by atoms with Crippen LogP contribution in [0.1, 0.15) is 49.8 Å². The number of fused-ring (bicyclic) bond motifs is 3. The zero-order valence-electron chi connectivity index (χ0n) is 22.9. The quantitative estimate of drug-likeness (QED) is 0.214. The Bertz CT molecular complexity index is 1310. The first-order valence-corrected chi connectivity index (χ1v) is 16.1. The Morgan fingerprint density at radius 3 is 2.05 bits per heavy atom. The number of hydrogen-bond donors (Lipinski definition) is 1. The molecule has 8 heteroatoms. The van der Waals surface area contributed by atoms with Gasteiger partial charge in [0.05, 0.1) is 18.5 Å². The molecule has 6 nitrogen and oxygen atoms in total. The Morgan fingerprint density at radius 1 is 0.923 bits per heavy atom. The third-order valence-electron chi connectivity index (χ3n) is 6.73. The van der Waals surface area contributed by atoms with Gasteiger partial charge in [0.1, 0.15) is 12.2 Å². The van der Waals surface area contributed by atoms with Crippen LogP contribution in [0, 0.1) is 0 Å². The molecule has 1 amide bonds. The molecule has 0 fully saturated rings. The number of benzene rings is 3. The highest BCUT2D eigenvalue weighted by Crippen LogP contribution is 2.52. The zero-order valence-corrected chi connectivity index (χ0v) is 24.6. The van der Waals surface area contributed by atoms with E-state index in [0.29, 0.717) is 12.6 Å². The summed E-state index contributed by atoms with van der Waals surface area (Å²) in [5.74, 6) is -0.903. The average Bonchev–Trinajstić information content (AvgIpc) is 3.23. The molecule has 1 aliphatic rings. The first kappa shape index (κ1) is 29.0. The van der Waals surface area contributed by atoms with Crippen LogP contribution in [0.25, 0.3) is 11.1 Å². The second kappa shape index (κ2) is 12.5. The van der Waals surface area contributed by atoms with Crippen LogP contribution in [0.2, 0.25) is 0 Å². The van der Waals surface area contributed by atoms with Gasteiger partial charge >= 0.3 is 12.1 Å². The van der Waals surface area contributed by atoms with Gasteiger partial charge in [-0.15, -0.1) is 0 Å². The van der Waals surface area contributed by atoms with Gasteiger partial charge in [-0.05, 0) is 55.0 Å². The smallest absolute Gasteiger partial charge is 0.407 e. The van der Waals surface area contributed by atoms with E-state index in [1.54, 1.807) is 7.11 Å². The fourth-order valence-electron chi connectivity index (χ4n) is 4.92. The maximum absolute atomic E-state index is 13.2. The number of ether oxygens (including phenoxy) is 2. The Hall–Kier alpha value is -2.99. The molecule has 206 valence electrons. The maximum atomic E-state index is 13.2. The highest BCUT2D eigenvalue weighted by atomic mass is 32.4. The summed E-state index contributed by atoms with van der Waals surface area (Å²) >= 11 is 6.01. The van der Waals surface area contributed by atoms with Gasteiger partial charge in [-0.3, -0.25) is 4.79 Å². The summed E-state index contributed by atoms with van der Waals surface area (Å²) in [4.78, 5) is 25.7. The van der Waals surface area contributed by atoms with Crippen molar-refractivity contribution in [2.75, 3.05) is 19.9 Å². The van der Waals surface area contributed by atoms with Gasteiger partial charge in [0.2, 0.25) is 0 Å². The van der Waals surface area contributed by atoms with E-state index in [4.69, 9.17) is 25.8 Å². The van der Waals surface area contributed by atoms with Crippen LogP contribution >= 0.6 is 6.26 Å². The lowest BCUT2D eigenvalue weighted by atomic mass is 9.98. The molecule has 0 bridgehead atoms. The van der Waals surface area contributed by atoms with Crippen molar-refractivity contribution in [1.82, 2.24) is 5.32 Å². The maximum Gasteiger partial charge on any atom is 0.407 e. The summed E-state index contributed by atoms with van der Waals surface area (Å²) in [6, 6.07) is 26.2. The summed E-state index contributed by atoms with van der Waals surface area (Å²) in [7, 11) is 1.55. The molecule has 1 aliphatic carbocycles. The molecule has 0 heterocycles. The van der Waals surface area contributed by atoms with Crippen molar-refractivity contribution >= 4 is 30.1 Å². The van der Waals surface area contributed by atoms with Gasteiger partial charge in [-0.1, -0.05) is 90.7 Å². The van der Waals surface area contributed by atoms with Crippen molar-refractivity contribution < 1.29 is 23.6 Å². The van der Waals surface area contributed by atoms with E-state index in [1.165, 1.54) is 11.1 Å². The van der Waals surface area contributed by atoms with Crippen molar-refractivity contribution in [2.24, 2.45) is 0 Å². The second-order valence-electron chi connectivity index (χ2n) is 10.6. The van der Waals surface area contributed by atoms with Gasteiger partial charge in [-0.2, -0.15) is 0 Å². The van der Waals surface area contributed by atoms with Crippen LogP contribution in [-0.4, -0.2) is 43.3 Å². The molecule has 2 unspecified atom stereocenters. The second-order valence-corrected chi connectivity index (χ2v) is 15.4. The summed E-state index contributed by atoms with van der Waals surface area (Å²) in [6.07, 6.45) is -2.36. The van der Waals surface area contributed by atoms with E-state index >= 15 is 0 Å². The number of hydrogen-bond acceptors (Lipinski definition) is 6. The number of alkyl carbamates (subject to hydrolysis) is 1. The zero-order chi connectivity index (χ0) is 28.0. The van der Waals surface area contributed by atoms with Crippen LogP contribution in [0.4, 0.5) is 4.79 Å². The van der Waals surface area contributed by atoms with E-state index in [0.717, 1.165) is 16.7 Å². The standard InChI is InChI=1S/C31H36NO5PS/c1-31(2,3)37-29(33)18-19-38(39,35-4)28(20-22-12-6-5-7-13-22)32-30(34)36-21-27-25-16-10-8-14-23(25)24-15-9-11-17-26(24)27/h5-17,27-28H,18-21H2,1-4H3,(H,32,34). The van der Waals surface area contributed by atoms with Gasteiger partial charge < -0.3 is 19.3 Å². The topological polar surface area (TPSA) is 73.9 Å². The average molecular weight is 566 g/mol. The van der Waals surface area contributed by atoms with Gasteiger partial charge in [0.25, 0.3) is 0 Å². The number of carbonyl (C=O) groups excluding carboxylic acids is 2. The molecular formula is C31H36NO5PS. The van der Waals surface area contributed by atoms with Crippen molar-refractivity contribution in [3.63, 3.8) is 0 Å². The largest absolute Gasteiger partial charge is 0.460 e. The molecule has 39 heavy (non-hydrogen) atoms. The number of nitrogens with one attached hydrogen (secondary N) is 1. The molecule has 0 radical (unpaired) electrons. The minimum absolute atomic E-state index is 0.0478. The predicted molar refractivity (Wildman–Crippen MR) is 159 cm³/mol. The molecule has 3 aromatic rings. The highest BCUT2D eigenvalue weighted by Gasteiger charge is 2.33. The van der Waals surface area contributed by atoms with E-state index in [9.17, 15) is 9.59 Å². The minimum atomic E-state index is -2.68. The van der Waals surface area contributed by atoms with Crippen LogP contribution in [0.15, 0.2) is 78.9 Å². The lowest BCUT2D eigenvalue weighted by Gasteiger charge is -2.31. The summed E-state index contributed by atoms with van der Waals surface area (Å²) in [5.41, 5.74) is 5.04. The Morgan fingerprint density at radius 2 is 1.49 bits per heavy atom. The lowest BCUT2D eigenvalue weighted by Crippen LogP contribution is -2.38. The van der Waals surface area contributed by atoms with E-state index in [2.05, 4.69) is 29.6 Å². The molecule has 0 saturated carbocycles. The summed E-state index contributed by atoms with van der Waals surface area (Å²) in [5, 5.41) is 3.01. The van der Waals surface area contributed by atoms with E-state index in [-0.39, 0.29) is 24.9 Å². The minimum Gasteiger partial charge on any atom is -0.460 e. The van der Waals surface area contributed by atoms with Crippen molar-refractivity contribution in [3.05, 3.63) is 95.6 Å². The lowest BCUT2D eigenvalue weighted by molar-refractivity contribution is -0.154. The monoisotopic (exact) mass is 565 g/mol. The van der Waals surface area contributed by atoms with Crippen molar-refractivity contribution in [1.29, 1.82) is 0 Å². The van der Waals surface area contributed by atoms with Crippen LogP contribution in [0.3, 0.4) is 0 Å². The molecule has 1 N–H and O–H groups in total. The molecular weight excluding hydrogens is 529 g/mol. The highest BCUT2D eigenvalue weighted by molar-refractivity contribution is 8.12. The Labute approximate surface area is 236 Å². The molecule has 4 rings (SSSR count). The molecule has 0 spiro atoms. The molecule has 3 aromatic carbocycles. The van der Waals surface area contributed by atoms with Crippen LogP contribution < -0.4 is 5.32 Å². The molecule has 2 atom stereocenters. The molecule has 0 saturated heterocycles. The Balaban J connectivity index is 1.48. The summed E-state index contributed by atoms with van der Waals surface area (Å²) in [6.45, 7) is 5.68. The van der Waals surface area contributed by atoms with Crippen LogP contribution in [-0.2, 0) is 37.0 Å². The number of esters is 1. The third kappa shape index (κ3) is 7.36. The molecule has 0 aromatic heterocycles. The van der Waals surface area contributed by atoms with Gasteiger partial charge in [-0.25, -0.2) is 4.79 Å². The van der Waals surface area contributed by atoms with Gasteiger partial charge in [0.15, 0.2) is 0 Å². The number of carbonyl (C=O) groups is 2. The predicted octanol–water partition coefficient (Wildman–Crippen LogP) is 6.87. The fourth-order valence-corrected chi connectivity index (χ4v) is 7.61. The number of rotatable bonds is 10. The van der Waals surface area contributed by atoms with Crippen molar-refractivity contribution in [2.45, 2.75) is 50.9 Å². The first-order chi connectivity index (χ1) is 18.6. The Kier molecular flexibility index (Phi) is 9.27. The first-order valence-electron chi connectivity index (χ1n) is 13.1. The molecule has 0 aliphatic heterocycles. The van der Waals surface area contributed by atoms with Gasteiger partial charge in [0, 0.05) is 19.2 Å². The van der Waals surface area contributed by atoms with E-state index in [1.807, 2.05) is 75.4 Å². The van der Waals surface area contributed by atoms with Crippen LogP contribution in [0.5, 0.6) is 0 Å². The number of amides is 1. The summed E-state index contributed by atoms with van der Waals surface area (Å²) < 4.78 is 17.2. The fraction of sp³-hybridized carbons (Fsp3) is 0.355.